The Bertz CT molecular complexity index is 73.2. The van der Waals surface area contributed by atoms with Crippen molar-refractivity contribution in [3.63, 3.8) is 0 Å². The summed E-state index contributed by atoms with van der Waals surface area (Å²) in [6.07, 6.45) is 0. The number of nitrogens with zero attached hydrogens (tertiary/aromatic N) is 1. The highest BCUT2D eigenvalue weighted by Gasteiger charge is 2.23. The summed E-state index contributed by atoms with van der Waals surface area (Å²) in [6.45, 7) is 17.5. The van der Waals surface area contributed by atoms with E-state index in [-0.39, 0.29) is 7.43 Å². The van der Waals surface area contributed by atoms with Crippen LogP contribution in [0.3, 0.4) is 0 Å². The van der Waals surface area contributed by atoms with Gasteiger partial charge in [0.2, 0.25) is 0 Å². The van der Waals surface area contributed by atoms with Crippen molar-refractivity contribution in [3.8, 4) is 0 Å². The molecule has 0 amide bonds. The second-order valence-corrected chi connectivity index (χ2v) is 3.15. The standard InChI is InChI=1S/C7H15N.2C2H6.CH4/c1-6(2)8-4-7(3)5-8;2*1-2;/h6-7H,4-5H2,1-3H3;2*1-2H3;1H4. The molecule has 0 aromatic heterocycles. The fraction of sp³-hybridized carbons (Fsp3) is 1.00. The largest absolute Gasteiger partial charge is 0.300 e. The van der Waals surface area contributed by atoms with E-state index in [4.69, 9.17) is 0 Å². The van der Waals surface area contributed by atoms with Crippen molar-refractivity contribution in [1.82, 2.24) is 4.90 Å². The van der Waals surface area contributed by atoms with Crippen molar-refractivity contribution >= 4 is 0 Å². The summed E-state index contributed by atoms with van der Waals surface area (Å²) < 4.78 is 0. The van der Waals surface area contributed by atoms with E-state index in [9.17, 15) is 0 Å². The Morgan fingerprint density at radius 2 is 1.31 bits per heavy atom. The molecular weight excluding hydrogens is 158 g/mol. The van der Waals surface area contributed by atoms with E-state index in [1.165, 1.54) is 13.1 Å². The van der Waals surface area contributed by atoms with Gasteiger partial charge in [0.1, 0.15) is 0 Å². The van der Waals surface area contributed by atoms with Crippen LogP contribution >= 0.6 is 0 Å². The first-order valence-electron chi connectivity index (χ1n) is 5.44. The van der Waals surface area contributed by atoms with E-state index >= 15 is 0 Å². The van der Waals surface area contributed by atoms with Gasteiger partial charge in [-0.1, -0.05) is 42.0 Å². The molecule has 1 heteroatoms. The molecule has 1 fully saturated rings. The number of hydrogen-bond donors (Lipinski definition) is 0. The molecule has 1 nitrogen and oxygen atoms in total. The molecule has 0 spiro atoms. The minimum Gasteiger partial charge on any atom is -0.300 e. The van der Waals surface area contributed by atoms with Crippen LogP contribution in [0.4, 0.5) is 0 Å². The second kappa shape index (κ2) is 12.0. The zero-order valence-corrected chi connectivity index (χ0v) is 10.0. The van der Waals surface area contributed by atoms with Crippen molar-refractivity contribution in [2.45, 2.75) is 61.9 Å². The summed E-state index contributed by atoms with van der Waals surface area (Å²) in [5, 5.41) is 0. The Morgan fingerprint density at radius 3 is 1.38 bits per heavy atom. The third-order valence-corrected chi connectivity index (χ3v) is 1.82. The molecule has 1 aliphatic heterocycles. The molecule has 0 aliphatic carbocycles. The average molecular weight is 189 g/mol. The monoisotopic (exact) mass is 189 g/mol. The first-order chi connectivity index (χ1) is 5.70. The van der Waals surface area contributed by atoms with Gasteiger partial charge in [0.25, 0.3) is 0 Å². The molecule has 0 radical (unpaired) electrons. The van der Waals surface area contributed by atoms with Crippen LogP contribution in [0.2, 0.25) is 0 Å². The van der Waals surface area contributed by atoms with Gasteiger partial charge in [-0.15, -0.1) is 0 Å². The zero-order valence-electron chi connectivity index (χ0n) is 10.0. The smallest absolute Gasteiger partial charge is 0.00388 e. The maximum Gasteiger partial charge on any atom is 0.00388 e. The molecule has 0 N–H and O–H groups in total. The van der Waals surface area contributed by atoms with E-state index in [0.717, 1.165) is 12.0 Å². The lowest BCUT2D eigenvalue weighted by atomic mass is 10.0. The van der Waals surface area contributed by atoms with Crippen LogP contribution in [0.25, 0.3) is 0 Å². The van der Waals surface area contributed by atoms with E-state index in [0.29, 0.717) is 0 Å². The molecule has 1 aliphatic rings. The molecule has 1 saturated heterocycles. The Balaban J connectivity index is -0.000000178. The highest BCUT2D eigenvalue weighted by molar-refractivity contribution is 4.78. The minimum absolute atomic E-state index is 0. The molecule has 0 unspecified atom stereocenters. The Hall–Kier alpha value is -0.0400. The fourth-order valence-corrected chi connectivity index (χ4v) is 1.17. The van der Waals surface area contributed by atoms with Crippen molar-refractivity contribution in [1.29, 1.82) is 0 Å². The molecule has 0 aromatic carbocycles. The van der Waals surface area contributed by atoms with Gasteiger partial charge in [-0.05, 0) is 19.8 Å². The van der Waals surface area contributed by atoms with Gasteiger partial charge in [0.15, 0.2) is 0 Å². The van der Waals surface area contributed by atoms with E-state index in [1.54, 1.807) is 0 Å². The lowest BCUT2D eigenvalue weighted by Crippen LogP contribution is -2.48. The SMILES string of the molecule is C.CC.CC.CC1CN(C(C)C)C1. The fourth-order valence-electron chi connectivity index (χ4n) is 1.17. The third kappa shape index (κ3) is 8.29. The van der Waals surface area contributed by atoms with Gasteiger partial charge in [-0.25, -0.2) is 0 Å². The molecule has 0 atom stereocenters. The summed E-state index contributed by atoms with van der Waals surface area (Å²) in [7, 11) is 0. The molecule has 0 aromatic rings. The van der Waals surface area contributed by atoms with Crippen LogP contribution in [0, 0.1) is 5.92 Å². The van der Waals surface area contributed by atoms with Crippen LogP contribution in [0.1, 0.15) is 55.9 Å². The summed E-state index contributed by atoms with van der Waals surface area (Å²) in [4.78, 5) is 2.49. The minimum atomic E-state index is 0. The van der Waals surface area contributed by atoms with E-state index in [1.807, 2.05) is 27.7 Å². The molecule has 0 bridgehead atoms. The quantitative estimate of drug-likeness (QED) is 0.602. The maximum absolute atomic E-state index is 2.49. The molecule has 13 heavy (non-hydrogen) atoms. The molecule has 0 saturated carbocycles. The highest BCUT2D eigenvalue weighted by atomic mass is 15.2. The summed E-state index contributed by atoms with van der Waals surface area (Å²) in [6, 6.07) is 0.770. The summed E-state index contributed by atoms with van der Waals surface area (Å²) in [5.41, 5.74) is 0. The van der Waals surface area contributed by atoms with Crippen molar-refractivity contribution < 1.29 is 0 Å². The molecule has 1 rings (SSSR count). The summed E-state index contributed by atoms with van der Waals surface area (Å²) in [5.74, 6) is 0.956. The van der Waals surface area contributed by atoms with Crippen molar-refractivity contribution in [2.24, 2.45) is 5.92 Å². The zero-order chi connectivity index (χ0) is 10.1. The lowest BCUT2D eigenvalue weighted by molar-refractivity contribution is 0.0787. The van der Waals surface area contributed by atoms with Gasteiger partial charge < -0.3 is 4.90 Å². The number of rotatable bonds is 1. The Kier molecular flexibility index (Phi) is 17.2. The van der Waals surface area contributed by atoms with Crippen molar-refractivity contribution in [3.05, 3.63) is 0 Å². The Morgan fingerprint density at radius 1 is 1.00 bits per heavy atom. The maximum atomic E-state index is 2.49. The normalized spacial score (nSPS) is 15.7. The summed E-state index contributed by atoms with van der Waals surface area (Å²) >= 11 is 0. The van der Waals surface area contributed by atoms with Crippen molar-refractivity contribution in [2.75, 3.05) is 13.1 Å². The first kappa shape index (κ1) is 18.7. The molecule has 84 valence electrons. The van der Waals surface area contributed by atoms with Gasteiger partial charge in [-0.3, -0.25) is 0 Å². The highest BCUT2D eigenvalue weighted by Crippen LogP contribution is 2.16. The van der Waals surface area contributed by atoms with Gasteiger partial charge in [0, 0.05) is 19.1 Å². The number of likely N-dealkylation sites (tertiary alicyclic amines) is 1. The first-order valence-corrected chi connectivity index (χ1v) is 5.44. The van der Waals surface area contributed by atoms with E-state index in [2.05, 4.69) is 25.7 Å². The van der Waals surface area contributed by atoms with Crippen LogP contribution in [-0.2, 0) is 0 Å². The second-order valence-electron chi connectivity index (χ2n) is 3.15. The van der Waals surface area contributed by atoms with Gasteiger partial charge in [-0.2, -0.15) is 0 Å². The van der Waals surface area contributed by atoms with E-state index < -0.39 is 0 Å². The van der Waals surface area contributed by atoms with Crippen LogP contribution in [0.15, 0.2) is 0 Å². The van der Waals surface area contributed by atoms with Crippen LogP contribution < -0.4 is 0 Å². The predicted molar refractivity (Wildman–Crippen MR) is 65.3 cm³/mol. The molecular formula is C12H31N. The lowest BCUT2D eigenvalue weighted by Gasteiger charge is -2.40. The van der Waals surface area contributed by atoms with Crippen LogP contribution in [-0.4, -0.2) is 24.0 Å². The molecule has 1 heterocycles. The Labute approximate surface area is 86.5 Å². The topological polar surface area (TPSA) is 3.24 Å². The van der Waals surface area contributed by atoms with Crippen LogP contribution in [0.5, 0.6) is 0 Å². The number of hydrogen-bond acceptors (Lipinski definition) is 1. The predicted octanol–water partition coefficient (Wildman–Crippen LogP) is 4.04. The van der Waals surface area contributed by atoms with Gasteiger partial charge in [0.05, 0.1) is 0 Å². The third-order valence-electron chi connectivity index (χ3n) is 1.82. The average Bonchev–Trinajstić information content (AvgIpc) is 2.06. The van der Waals surface area contributed by atoms with Gasteiger partial charge >= 0.3 is 0 Å².